The van der Waals surface area contributed by atoms with E-state index in [2.05, 4.69) is 15.5 Å². The second kappa shape index (κ2) is 7.53. The Labute approximate surface area is 178 Å². The molecular weight excluding hydrogens is 402 g/mol. The molecule has 3 heterocycles. The van der Waals surface area contributed by atoms with Gasteiger partial charge in [0, 0.05) is 12.1 Å². The molecular formula is C21H23N5O5. The van der Waals surface area contributed by atoms with Gasteiger partial charge in [-0.15, -0.1) is 0 Å². The van der Waals surface area contributed by atoms with Gasteiger partial charge in [0.1, 0.15) is 12.1 Å². The SMILES string of the molecule is CC(C)(C)OC(=O)N1CCc2c(NC(=O)CN3C(=O)c4ccccc4C3=O)n[nH]c2C1. The van der Waals surface area contributed by atoms with Crippen LogP contribution < -0.4 is 5.32 Å². The van der Waals surface area contributed by atoms with Gasteiger partial charge in [0.25, 0.3) is 11.8 Å². The maximum atomic E-state index is 12.5. The van der Waals surface area contributed by atoms with Gasteiger partial charge in [-0.1, -0.05) is 12.1 Å². The standard InChI is InChI=1S/C21H23N5O5/c1-21(2,3)31-20(30)25-9-8-14-15(10-25)23-24-17(14)22-16(27)11-26-18(28)12-6-4-5-7-13(12)19(26)29/h4-7H,8-11H2,1-3H3,(H2,22,23,24,27). The van der Waals surface area contributed by atoms with Crippen LogP contribution in [0, 0.1) is 0 Å². The maximum absolute atomic E-state index is 12.5. The van der Waals surface area contributed by atoms with Gasteiger partial charge in [0.2, 0.25) is 5.91 Å². The van der Waals surface area contributed by atoms with Crippen molar-refractivity contribution in [1.29, 1.82) is 0 Å². The van der Waals surface area contributed by atoms with Crippen LogP contribution in [0.5, 0.6) is 0 Å². The van der Waals surface area contributed by atoms with E-state index in [1.54, 1.807) is 49.9 Å². The van der Waals surface area contributed by atoms with Crippen LogP contribution in [-0.4, -0.2) is 62.5 Å². The van der Waals surface area contributed by atoms with E-state index in [1.807, 2.05) is 0 Å². The minimum absolute atomic E-state index is 0.283. The number of hydrogen-bond acceptors (Lipinski definition) is 6. The average molecular weight is 425 g/mol. The quantitative estimate of drug-likeness (QED) is 0.724. The number of H-pyrrole nitrogens is 1. The van der Waals surface area contributed by atoms with Gasteiger partial charge in [-0.05, 0) is 39.3 Å². The summed E-state index contributed by atoms with van der Waals surface area (Å²) in [5.41, 5.74) is 1.48. The topological polar surface area (TPSA) is 125 Å². The van der Waals surface area contributed by atoms with Crippen LogP contribution in [0.4, 0.5) is 10.6 Å². The molecule has 1 aromatic carbocycles. The van der Waals surface area contributed by atoms with Crippen LogP contribution >= 0.6 is 0 Å². The Morgan fingerprint density at radius 3 is 2.42 bits per heavy atom. The monoisotopic (exact) mass is 425 g/mol. The normalized spacial score (nSPS) is 15.6. The fourth-order valence-electron chi connectivity index (χ4n) is 3.60. The molecule has 0 radical (unpaired) electrons. The number of carbonyl (C=O) groups is 4. The molecule has 0 atom stereocenters. The number of ether oxygens (including phenoxy) is 1. The lowest BCUT2D eigenvalue weighted by Gasteiger charge is -2.29. The van der Waals surface area contributed by atoms with Crippen molar-refractivity contribution in [2.24, 2.45) is 0 Å². The number of benzene rings is 1. The molecule has 2 aliphatic heterocycles. The van der Waals surface area contributed by atoms with Crippen molar-refractivity contribution in [3.05, 3.63) is 46.6 Å². The average Bonchev–Trinajstić information content (AvgIpc) is 3.21. The number of anilines is 1. The Hall–Kier alpha value is -3.69. The molecule has 31 heavy (non-hydrogen) atoms. The summed E-state index contributed by atoms with van der Waals surface area (Å²) in [6.07, 6.45) is 0.0669. The lowest BCUT2D eigenvalue weighted by Crippen LogP contribution is -2.40. The summed E-state index contributed by atoms with van der Waals surface area (Å²) >= 11 is 0. The molecule has 2 N–H and O–H groups in total. The number of aromatic amines is 1. The molecule has 10 heteroatoms. The fraction of sp³-hybridized carbons (Fsp3) is 0.381. The van der Waals surface area contributed by atoms with Gasteiger partial charge < -0.3 is 15.0 Å². The van der Waals surface area contributed by atoms with E-state index in [-0.39, 0.29) is 6.54 Å². The van der Waals surface area contributed by atoms with E-state index in [1.165, 1.54) is 0 Å². The predicted molar refractivity (Wildman–Crippen MR) is 109 cm³/mol. The van der Waals surface area contributed by atoms with Crippen molar-refractivity contribution >= 4 is 29.6 Å². The maximum Gasteiger partial charge on any atom is 0.410 e. The molecule has 0 fully saturated rings. The first-order valence-electron chi connectivity index (χ1n) is 9.93. The van der Waals surface area contributed by atoms with Crippen molar-refractivity contribution < 1.29 is 23.9 Å². The van der Waals surface area contributed by atoms with Gasteiger partial charge in [0.05, 0.1) is 23.4 Å². The van der Waals surface area contributed by atoms with Gasteiger partial charge in [0.15, 0.2) is 5.82 Å². The summed E-state index contributed by atoms with van der Waals surface area (Å²) in [5.74, 6) is -1.18. The molecule has 162 valence electrons. The summed E-state index contributed by atoms with van der Waals surface area (Å²) < 4.78 is 5.40. The molecule has 2 aromatic rings. The summed E-state index contributed by atoms with van der Waals surface area (Å²) in [6.45, 7) is 5.71. The molecule has 0 aliphatic carbocycles. The van der Waals surface area contributed by atoms with Gasteiger partial charge in [-0.25, -0.2) is 4.79 Å². The smallest absolute Gasteiger partial charge is 0.410 e. The van der Waals surface area contributed by atoms with Crippen molar-refractivity contribution in [2.75, 3.05) is 18.4 Å². The minimum Gasteiger partial charge on any atom is -0.444 e. The van der Waals surface area contributed by atoms with Crippen molar-refractivity contribution in [3.63, 3.8) is 0 Å². The van der Waals surface area contributed by atoms with Crippen LogP contribution in [0.25, 0.3) is 0 Å². The Morgan fingerprint density at radius 1 is 1.16 bits per heavy atom. The minimum atomic E-state index is -0.589. The molecule has 0 spiro atoms. The second-order valence-corrected chi connectivity index (χ2v) is 8.47. The van der Waals surface area contributed by atoms with E-state index in [0.717, 1.165) is 10.5 Å². The number of imide groups is 1. The van der Waals surface area contributed by atoms with Crippen LogP contribution in [0.15, 0.2) is 24.3 Å². The molecule has 1 aromatic heterocycles. The molecule has 0 saturated heterocycles. The fourth-order valence-corrected chi connectivity index (χ4v) is 3.60. The lowest BCUT2D eigenvalue weighted by atomic mass is 10.1. The highest BCUT2D eigenvalue weighted by Crippen LogP contribution is 2.26. The first-order chi connectivity index (χ1) is 14.6. The zero-order valence-corrected chi connectivity index (χ0v) is 17.5. The van der Waals surface area contributed by atoms with Crippen LogP contribution in [0.1, 0.15) is 52.7 Å². The number of carbonyl (C=O) groups excluding carboxylic acids is 4. The van der Waals surface area contributed by atoms with E-state index < -0.39 is 36.0 Å². The third kappa shape index (κ3) is 4.00. The van der Waals surface area contributed by atoms with Gasteiger partial charge in [-0.3, -0.25) is 24.4 Å². The number of fused-ring (bicyclic) bond motifs is 2. The summed E-state index contributed by atoms with van der Waals surface area (Å²) in [4.78, 5) is 52.2. The van der Waals surface area contributed by atoms with E-state index in [9.17, 15) is 19.2 Å². The van der Waals surface area contributed by atoms with Crippen LogP contribution in [-0.2, 0) is 22.5 Å². The Bertz CT molecular complexity index is 1050. The van der Waals surface area contributed by atoms with Gasteiger partial charge >= 0.3 is 6.09 Å². The highest BCUT2D eigenvalue weighted by atomic mass is 16.6. The zero-order valence-electron chi connectivity index (χ0n) is 17.5. The third-order valence-corrected chi connectivity index (χ3v) is 5.02. The number of rotatable bonds is 3. The molecule has 2 aliphatic rings. The van der Waals surface area contributed by atoms with E-state index in [0.29, 0.717) is 35.6 Å². The van der Waals surface area contributed by atoms with Gasteiger partial charge in [-0.2, -0.15) is 5.10 Å². The number of nitrogens with zero attached hydrogens (tertiary/aromatic N) is 3. The zero-order chi connectivity index (χ0) is 22.3. The molecule has 10 nitrogen and oxygen atoms in total. The highest BCUT2D eigenvalue weighted by Gasteiger charge is 2.36. The molecule has 0 bridgehead atoms. The summed E-state index contributed by atoms with van der Waals surface area (Å²) in [6, 6.07) is 6.47. The Balaban J connectivity index is 1.40. The third-order valence-electron chi connectivity index (χ3n) is 5.02. The first-order valence-corrected chi connectivity index (χ1v) is 9.93. The molecule has 0 saturated carbocycles. The lowest BCUT2D eigenvalue weighted by molar-refractivity contribution is -0.116. The number of nitrogens with one attached hydrogen (secondary N) is 2. The van der Waals surface area contributed by atoms with Crippen LogP contribution in [0.3, 0.4) is 0 Å². The largest absolute Gasteiger partial charge is 0.444 e. The first kappa shape index (κ1) is 20.6. The Morgan fingerprint density at radius 2 is 1.81 bits per heavy atom. The number of hydrogen-bond donors (Lipinski definition) is 2. The molecule has 4 amide bonds. The molecule has 0 unspecified atom stereocenters. The number of aromatic nitrogens is 2. The number of amides is 4. The summed E-state index contributed by atoms with van der Waals surface area (Å²) in [5, 5.41) is 9.64. The predicted octanol–water partition coefficient (Wildman–Crippen LogP) is 1.94. The van der Waals surface area contributed by atoms with Crippen LogP contribution in [0.2, 0.25) is 0 Å². The van der Waals surface area contributed by atoms with E-state index >= 15 is 0 Å². The van der Waals surface area contributed by atoms with Crippen molar-refractivity contribution in [1.82, 2.24) is 20.0 Å². The Kier molecular flexibility index (Phi) is 5.00. The highest BCUT2D eigenvalue weighted by molar-refractivity contribution is 6.22. The molecule has 4 rings (SSSR count). The second-order valence-electron chi connectivity index (χ2n) is 8.47. The van der Waals surface area contributed by atoms with Crippen molar-refractivity contribution in [2.45, 2.75) is 39.3 Å². The van der Waals surface area contributed by atoms with Crippen molar-refractivity contribution in [3.8, 4) is 0 Å². The summed E-state index contributed by atoms with van der Waals surface area (Å²) in [7, 11) is 0. The van der Waals surface area contributed by atoms with E-state index in [4.69, 9.17) is 4.74 Å².